The Kier molecular flexibility index (Phi) is 4.65. The summed E-state index contributed by atoms with van der Waals surface area (Å²) in [5.41, 5.74) is -0.545. The highest BCUT2D eigenvalue weighted by molar-refractivity contribution is 5.94. The number of terminal acetylenes is 1. The first-order valence-electron chi connectivity index (χ1n) is 5.28. The fraction of sp³-hybridized carbons (Fsp3) is 0.308. The highest BCUT2D eigenvalue weighted by Gasteiger charge is 2.21. The van der Waals surface area contributed by atoms with Crippen LogP contribution in [0.4, 0.5) is 8.78 Å². The van der Waals surface area contributed by atoms with E-state index in [0.29, 0.717) is 13.0 Å². The van der Waals surface area contributed by atoms with Crippen molar-refractivity contribution in [2.24, 2.45) is 0 Å². The maximum Gasteiger partial charge on any atom is 0.260 e. The molecule has 0 spiro atoms. The lowest BCUT2D eigenvalue weighted by atomic mass is 10.1. The van der Waals surface area contributed by atoms with Crippen molar-refractivity contribution in [3.63, 3.8) is 0 Å². The largest absolute Gasteiger partial charge is 0.327 e. The first-order chi connectivity index (χ1) is 8.11. The van der Waals surface area contributed by atoms with E-state index in [2.05, 4.69) is 5.92 Å². The fourth-order valence-corrected chi connectivity index (χ4v) is 1.49. The zero-order chi connectivity index (χ0) is 12.8. The monoisotopic (exact) mass is 237 g/mol. The quantitative estimate of drug-likeness (QED) is 0.736. The molecule has 0 fully saturated rings. The molecule has 0 saturated carbocycles. The van der Waals surface area contributed by atoms with Crippen LogP contribution in [0.2, 0.25) is 0 Å². The summed E-state index contributed by atoms with van der Waals surface area (Å²) >= 11 is 0. The van der Waals surface area contributed by atoms with Gasteiger partial charge in [-0.05, 0) is 18.6 Å². The standard InChI is InChI=1S/C13H13F2NO/c1-3-8-16(9-4-2)13(17)12-10(14)6-5-7-11(12)15/h1,5-7H,4,8-9H2,2H3. The van der Waals surface area contributed by atoms with Crippen LogP contribution in [0.5, 0.6) is 0 Å². The minimum Gasteiger partial charge on any atom is -0.327 e. The molecule has 0 aliphatic heterocycles. The molecule has 4 heteroatoms. The predicted molar refractivity (Wildman–Crippen MR) is 61.4 cm³/mol. The Morgan fingerprint density at radius 3 is 2.47 bits per heavy atom. The molecule has 0 radical (unpaired) electrons. The third-order valence-electron chi connectivity index (χ3n) is 2.24. The van der Waals surface area contributed by atoms with E-state index in [1.807, 2.05) is 6.92 Å². The number of benzene rings is 1. The van der Waals surface area contributed by atoms with Crippen LogP contribution in [-0.2, 0) is 0 Å². The summed E-state index contributed by atoms with van der Waals surface area (Å²) in [6, 6.07) is 3.32. The summed E-state index contributed by atoms with van der Waals surface area (Å²) in [6.07, 6.45) is 5.79. The van der Waals surface area contributed by atoms with Gasteiger partial charge in [0.05, 0.1) is 6.54 Å². The molecule has 0 aromatic heterocycles. The van der Waals surface area contributed by atoms with Gasteiger partial charge in [-0.3, -0.25) is 4.79 Å². The predicted octanol–water partition coefficient (Wildman–Crippen LogP) is 2.45. The van der Waals surface area contributed by atoms with Crippen LogP contribution in [0.15, 0.2) is 18.2 Å². The molecule has 2 nitrogen and oxygen atoms in total. The van der Waals surface area contributed by atoms with E-state index >= 15 is 0 Å². The molecule has 0 heterocycles. The number of hydrogen-bond donors (Lipinski definition) is 0. The van der Waals surface area contributed by atoms with Gasteiger partial charge in [0.25, 0.3) is 5.91 Å². The Bertz CT molecular complexity index is 431. The van der Waals surface area contributed by atoms with Gasteiger partial charge in [0.15, 0.2) is 0 Å². The molecule has 0 aliphatic carbocycles. The van der Waals surface area contributed by atoms with Crippen molar-refractivity contribution >= 4 is 5.91 Å². The molecule has 1 aromatic rings. The van der Waals surface area contributed by atoms with Gasteiger partial charge in [-0.25, -0.2) is 8.78 Å². The number of nitrogens with zero attached hydrogens (tertiary/aromatic N) is 1. The van der Waals surface area contributed by atoms with Crippen molar-refractivity contribution in [3.05, 3.63) is 35.4 Å². The molecule has 1 aromatic carbocycles. The third-order valence-corrected chi connectivity index (χ3v) is 2.24. The van der Waals surface area contributed by atoms with Crippen LogP contribution in [0.25, 0.3) is 0 Å². The molecular formula is C13H13F2NO. The van der Waals surface area contributed by atoms with Crippen molar-refractivity contribution in [1.82, 2.24) is 4.90 Å². The molecule has 90 valence electrons. The smallest absolute Gasteiger partial charge is 0.260 e. The fourth-order valence-electron chi connectivity index (χ4n) is 1.49. The second-order valence-electron chi connectivity index (χ2n) is 3.53. The van der Waals surface area contributed by atoms with E-state index in [9.17, 15) is 13.6 Å². The molecule has 1 rings (SSSR count). The van der Waals surface area contributed by atoms with Crippen LogP contribution in [0.1, 0.15) is 23.7 Å². The van der Waals surface area contributed by atoms with Crippen LogP contribution in [0.3, 0.4) is 0 Å². The summed E-state index contributed by atoms with van der Waals surface area (Å²) in [6.45, 7) is 2.27. The van der Waals surface area contributed by atoms with Crippen LogP contribution < -0.4 is 0 Å². The lowest BCUT2D eigenvalue weighted by Gasteiger charge is -2.19. The normalized spacial score (nSPS) is 9.76. The number of halogens is 2. The zero-order valence-corrected chi connectivity index (χ0v) is 9.54. The van der Waals surface area contributed by atoms with Crippen LogP contribution >= 0.6 is 0 Å². The lowest BCUT2D eigenvalue weighted by Crippen LogP contribution is -2.33. The van der Waals surface area contributed by atoms with E-state index in [4.69, 9.17) is 6.42 Å². The van der Waals surface area contributed by atoms with Gasteiger partial charge in [0, 0.05) is 6.54 Å². The molecule has 0 bridgehead atoms. The van der Waals surface area contributed by atoms with Gasteiger partial charge in [0.2, 0.25) is 0 Å². The molecule has 0 unspecified atom stereocenters. The molecule has 0 saturated heterocycles. The summed E-state index contributed by atoms with van der Waals surface area (Å²) in [4.78, 5) is 13.2. The van der Waals surface area contributed by atoms with Crippen molar-refractivity contribution < 1.29 is 13.6 Å². The van der Waals surface area contributed by atoms with E-state index < -0.39 is 23.1 Å². The maximum atomic E-state index is 13.4. The Morgan fingerprint density at radius 1 is 1.41 bits per heavy atom. The second-order valence-corrected chi connectivity index (χ2v) is 3.53. The van der Waals surface area contributed by atoms with Crippen molar-refractivity contribution in [1.29, 1.82) is 0 Å². The van der Waals surface area contributed by atoms with Gasteiger partial charge in [-0.1, -0.05) is 18.9 Å². The van der Waals surface area contributed by atoms with Crippen LogP contribution in [0, 0.1) is 24.0 Å². The Hall–Kier alpha value is -1.89. The summed E-state index contributed by atoms with van der Waals surface area (Å²) in [5.74, 6) is -0.141. The Balaban J connectivity index is 3.05. The van der Waals surface area contributed by atoms with Crippen molar-refractivity contribution in [2.45, 2.75) is 13.3 Å². The second kappa shape index (κ2) is 6.00. The number of hydrogen-bond acceptors (Lipinski definition) is 1. The van der Waals surface area contributed by atoms with Gasteiger partial charge < -0.3 is 4.90 Å². The first-order valence-corrected chi connectivity index (χ1v) is 5.28. The summed E-state index contributed by atoms with van der Waals surface area (Å²) < 4.78 is 26.8. The van der Waals surface area contributed by atoms with Crippen molar-refractivity contribution in [2.75, 3.05) is 13.1 Å². The van der Waals surface area contributed by atoms with Gasteiger partial charge >= 0.3 is 0 Å². The van der Waals surface area contributed by atoms with E-state index in [1.54, 1.807) is 0 Å². The number of carbonyl (C=O) groups excluding carboxylic acids is 1. The Morgan fingerprint density at radius 2 is 2.00 bits per heavy atom. The van der Waals surface area contributed by atoms with E-state index in [1.165, 1.54) is 11.0 Å². The first kappa shape index (κ1) is 13.2. The number of amides is 1. The van der Waals surface area contributed by atoms with Crippen molar-refractivity contribution in [3.8, 4) is 12.3 Å². The van der Waals surface area contributed by atoms with E-state index in [-0.39, 0.29) is 6.54 Å². The minimum atomic E-state index is -0.867. The third kappa shape index (κ3) is 3.04. The zero-order valence-electron chi connectivity index (χ0n) is 9.54. The summed E-state index contributed by atoms with van der Waals surface area (Å²) in [5, 5.41) is 0. The highest BCUT2D eigenvalue weighted by atomic mass is 19.1. The maximum absolute atomic E-state index is 13.4. The van der Waals surface area contributed by atoms with Gasteiger partial charge in [-0.15, -0.1) is 6.42 Å². The molecule has 0 atom stereocenters. The molecule has 1 amide bonds. The molecule has 0 aliphatic rings. The minimum absolute atomic E-state index is 0.0421. The van der Waals surface area contributed by atoms with Gasteiger partial charge in [0.1, 0.15) is 17.2 Å². The topological polar surface area (TPSA) is 20.3 Å². The highest BCUT2D eigenvalue weighted by Crippen LogP contribution is 2.14. The van der Waals surface area contributed by atoms with Crippen LogP contribution in [-0.4, -0.2) is 23.9 Å². The summed E-state index contributed by atoms with van der Waals surface area (Å²) in [7, 11) is 0. The van der Waals surface area contributed by atoms with E-state index in [0.717, 1.165) is 12.1 Å². The SMILES string of the molecule is C#CCN(CCC)C(=O)c1c(F)cccc1F. The average Bonchev–Trinajstić information content (AvgIpc) is 2.28. The number of carbonyl (C=O) groups is 1. The average molecular weight is 237 g/mol. The lowest BCUT2D eigenvalue weighted by molar-refractivity contribution is 0.0767. The van der Waals surface area contributed by atoms with Gasteiger partial charge in [-0.2, -0.15) is 0 Å². The molecule has 17 heavy (non-hydrogen) atoms. The molecule has 0 N–H and O–H groups in total. The molecular weight excluding hydrogens is 224 g/mol. The Labute approximate surface area is 99.2 Å². The number of rotatable bonds is 4.